The second kappa shape index (κ2) is 21.9. The highest BCUT2D eigenvalue weighted by atomic mass is 16.7. The molecule has 3 aromatic carbocycles. The molecule has 0 radical (unpaired) electrons. The van der Waals surface area contributed by atoms with Crippen LogP contribution in [-0.2, 0) is 47.5 Å². The average molecular weight is 1010 g/mol. The number of hydrogen-bond donors (Lipinski definition) is 14. The molecule has 15 N–H and O–H groups in total. The van der Waals surface area contributed by atoms with Crippen LogP contribution in [0, 0.1) is 0 Å². The molecule has 0 amide bonds. The Hall–Kier alpha value is -6.53. The number of esters is 2. The number of carbonyl (C=O) groups is 3. The van der Waals surface area contributed by atoms with E-state index in [2.05, 4.69) is 4.74 Å². The number of phenolic OH excluding ortho intramolecular Hbond substituents is 5. The molecular formula is C45H51O26+. The number of aliphatic hydroxyl groups excluding tert-OH is 8. The number of aliphatic hydroxyl groups is 9. The van der Waals surface area contributed by atoms with Crippen LogP contribution in [0.25, 0.3) is 12.2 Å². The number of aliphatic carboxylic acids is 1. The number of rotatable bonds is 15. The van der Waals surface area contributed by atoms with Crippen LogP contribution in [0.3, 0.4) is 0 Å². The van der Waals surface area contributed by atoms with Crippen molar-refractivity contribution in [1.29, 1.82) is 0 Å². The lowest BCUT2D eigenvalue weighted by atomic mass is 9.97. The predicted molar refractivity (Wildman–Crippen MR) is 230 cm³/mol. The Kier molecular flexibility index (Phi) is 16.1. The molecule has 26 nitrogen and oxygen atoms in total. The standard InChI is InChI=1S/C45H50O26/c1-16-32(54)35(57)38(60)43(65-16)71-42-28(15-64-31(53)13-29(50)51)70-45(40(62)37(42)59)67-25-11-20(47)10-24-21(25)12-26(41(66-24)18-8-22(48)33(55)23(49)9-18)68-44-39(61)36(58)34(56)27(69-44)14-63-30(52)7-4-17-2-5-19(46)6-3-17/h2-12,16,27-28,32,34-49,54-62H,13-15H2,1H3,(H,50,51)/p+1/b7-4+/t16-,27-,28-,32+,34+,35-,36+,37-,38+,39-,40-,41?,42+,43+,44-,45-/m1/s1. The van der Waals surface area contributed by atoms with Crippen LogP contribution in [0.2, 0.25) is 0 Å². The van der Waals surface area contributed by atoms with Crippen LogP contribution in [0.4, 0.5) is 0 Å². The first-order valence-corrected chi connectivity index (χ1v) is 21.5. The van der Waals surface area contributed by atoms with Gasteiger partial charge in [-0.3, -0.25) is 9.59 Å². The summed E-state index contributed by atoms with van der Waals surface area (Å²) in [6.07, 6.45) is -26.3. The summed E-state index contributed by atoms with van der Waals surface area (Å²) in [4.78, 5) is 36.1. The van der Waals surface area contributed by atoms with E-state index in [4.69, 9.17) is 43.0 Å². The van der Waals surface area contributed by atoms with Crippen molar-refractivity contribution in [3.05, 3.63) is 77.1 Å². The summed E-state index contributed by atoms with van der Waals surface area (Å²) < 4.78 is 49.8. The van der Waals surface area contributed by atoms with Gasteiger partial charge in [0.05, 0.1) is 17.7 Å². The van der Waals surface area contributed by atoms with Gasteiger partial charge < -0.3 is 114 Å². The van der Waals surface area contributed by atoms with Gasteiger partial charge in [-0.15, -0.1) is 0 Å². The zero-order valence-electron chi connectivity index (χ0n) is 36.9. The van der Waals surface area contributed by atoms with Gasteiger partial charge in [0.1, 0.15) is 110 Å². The van der Waals surface area contributed by atoms with Crippen LogP contribution < -0.4 is 4.74 Å². The fourth-order valence-electron chi connectivity index (χ4n) is 7.80. The van der Waals surface area contributed by atoms with Gasteiger partial charge in [-0.05, 0) is 42.8 Å². The molecule has 0 saturated carbocycles. The topological polar surface area (TPSA) is 421 Å². The van der Waals surface area contributed by atoms with Gasteiger partial charge in [-0.25, -0.2) is 4.79 Å². The molecule has 0 spiro atoms. The molecule has 386 valence electrons. The van der Waals surface area contributed by atoms with E-state index in [0.29, 0.717) is 5.56 Å². The molecule has 4 heterocycles. The van der Waals surface area contributed by atoms with Crippen molar-refractivity contribution >= 4 is 30.1 Å². The molecule has 16 atom stereocenters. The van der Waals surface area contributed by atoms with E-state index in [1.165, 1.54) is 43.3 Å². The Labute approximate surface area is 400 Å². The number of benzene rings is 3. The van der Waals surface area contributed by atoms with Gasteiger partial charge in [-0.2, -0.15) is 0 Å². The lowest BCUT2D eigenvalue weighted by Crippen LogP contribution is -2.64. The predicted octanol–water partition coefficient (Wildman–Crippen LogP) is -2.31. The van der Waals surface area contributed by atoms with Crippen LogP contribution in [0.1, 0.15) is 36.1 Å². The van der Waals surface area contributed by atoms with Crippen LogP contribution >= 0.6 is 0 Å². The summed E-state index contributed by atoms with van der Waals surface area (Å²) >= 11 is 0. The molecular weight excluding hydrogens is 956 g/mol. The lowest BCUT2D eigenvalue weighted by molar-refractivity contribution is -0.349. The molecule has 1 unspecified atom stereocenters. The van der Waals surface area contributed by atoms with Crippen LogP contribution in [-0.4, -0.2) is 199 Å². The zero-order valence-corrected chi connectivity index (χ0v) is 36.9. The van der Waals surface area contributed by atoms with Gasteiger partial charge in [0.2, 0.25) is 12.6 Å². The number of hydrogen-bond acceptors (Lipinski definition) is 24. The van der Waals surface area contributed by atoms with E-state index in [1.54, 1.807) is 0 Å². The van der Waals surface area contributed by atoms with Crippen molar-refractivity contribution in [1.82, 2.24) is 0 Å². The number of carboxylic acids is 1. The van der Waals surface area contributed by atoms with Gasteiger partial charge in [0, 0.05) is 18.2 Å². The molecule has 3 fully saturated rings. The van der Waals surface area contributed by atoms with Gasteiger partial charge in [-0.1, -0.05) is 12.1 Å². The third-order valence-corrected chi connectivity index (χ3v) is 11.6. The molecule has 0 aromatic heterocycles. The maximum atomic E-state index is 12.6. The second-order valence-corrected chi connectivity index (χ2v) is 16.7. The van der Waals surface area contributed by atoms with Crippen molar-refractivity contribution in [2.24, 2.45) is 0 Å². The summed E-state index contributed by atoms with van der Waals surface area (Å²) in [5.74, 6) is -7.75. The minimum atomic E-state index is -2.12. The first-order chi connectivity index (χ1) is 33.6. The third kappa shape index (κ3) is 11.8. The molecule has 4 aliphatic rings. The summed E-state index contributed by atoms with van der Waals surface area (Å²) in [7, 11) is 0. The quantitative estimate of drug-likeness (QED) is 0.0250. The maximum absolute atomic E-state index is 12.6. The molecule has 7 rings (SSSR count). The fourth-order valence-corrected chi connectivity index (χ4v) is 7.80. The number of phenols is 5. The highest BCUT2D eigenvalue weighted by molar-refractivity contribution is 5.90. The lowest BCUT2D eigenvalue weighted by Gasteiger charge is -2.45. The molecule has 0 bridgehead atoms. The Morgan fingerprint density at radius 3 is 1.94 bits per heavy atom. The summed E-state index contributed by atoms with van der Waals surface area (Å²) in [5.41, 5.74) is 0.307. The molecule has 3 aromatic rings. The van der Waals surface area contributed by atoms with Crippen LogP contribution in [0.5, 0.6) is 40.2 Å². The van der Waals surface area contributed by atoms with Gasteiger partial charge >= 0.3 is 17.9 Å². The highest BCUT2D eigenvalue weighted by Gasteiger charge is 2.52. The van der Waals surface area contributed by atoms with Crippen molar-refractivity contribution < 1.29 is 129 Å². The number of ether oxygens (including phenoxy) is 9. The minimum absolute atomic E-state index is 0.00821. The zero-order chi connectivity index (χ0) is 51.6. The third-order valence-electron chi connectivity index (χ3n) is 11.6. The molecule has 71 heavy (non-hydrogen) atoms. The molecule has 0 aliphatic carbocycles. The first kappa shape index (κ1) is 52.3. The largest absolute Gasteiger partial charge is 0.571 e. The van der Waals surface area contributed by atoms with Crippen LogP contribution in [0.15, 0.2) is 60.4 Å². The summed E-state index contributed by atoms with van der Waals surface area (Å²) in [6.45, 7) is -0.252. The van der Waals surface area contributed by atoms with Crippen molar-refractivity contribution in [2.75, 3.05) is 13.2 Å². The minimum Gasteiger partial charge on any atom is -0.571 e. The van der Waals surface area contributed by atoms with E-state index in [0.717, 1.165) is 30.3 Å². The van der Waals surface area contributed by atoms with Crippen molar-refractivity contribution in [3.63, 3.8) is 0 Å². The normalized spacial score (nSPS) is 32.7. The second-order valence-electron chi connectivity index (χ2n) is 16.7. The monoisotopic (exact) mass is 1010 g/mol. The summed E-state index contributed by atoms with van der Waals surface area (Å²) in [5, 5.41) is 147. The number of fused-ring (bicyclic) bond motifs is 1. The van der Waals surface area contributed by atoms with E-state index >= 15 is 0 Å². The smallest absolute Gasteiger partial charge is 0.330 e. The molecule has 3 saturated heterocycles. The first-order valence-electron chi connectivity index (χ1n) is 21.5. The average Bonchev–Trinajstić information content (AvgIpc) is 3.32. The van der Waals surface area contributed by atoms with Gasteiger partial charge in [0.15, 0.2) is 29.3 Å². The van der Waals surface area contributed by atoms with E-state index in [-0.39, 0.29) is 28.4 Å². The SMILES string of the molecule is C[C@H]1O[C@@H](O[C@@H]2[C@H](O)[C@@H](O)[C@H](Oc3cc(O)cc4c3C=C(O[C@@H]3O[C@H](COC(=O)/C=C/c5ccc(O)cc5)[C@H](O)[C@H](O)[C@H]3O)C(c3cc(O)c(O)c(O)c3)[OH+]4)O[C@@H]2COC(=O)CC(=O)O)[C@@H](O)[C@H](O)[C@H]1O. The number of carbonyl (C=O) groups excluding carboxylic acids is 2. The Bertz CT molecular complexity index is 2440. The summed E-state index contributed by atoms with van der Waals surface area (Å²) in [6, 6.07) is 9.85. The highest BCUT2D eigenvalue weighted by Crippen LogP contribution is 2.48. The molecule has 26 heteroatoms. The van der Waals surface area contributed by atoms with E-state index in [1.807, 2.05) is 0 Å². The Balaban J connectivity index is 1.18. The maximum Gasteiger partial charge on any atom is 0.330 e. The Morgan fingerprint density at radius 2 is 1.27 bits per heavy atom. The number of aromatic hydroxyl groups is 6. The fraction of sp³-hybridized carbons (Fsp3) is 0.444. The van der Waals surface area contributed by atoms with E-state index in [9.17, 15) is 80.8 Å². The number of carboxylic acid groups (broad SMARTS) is 1. The van der Waals surface area contributed by atoms with E-state index < -0.39 is 165 Å². The molecule has 4 aliphatic heterocycles. The van der Waals surface area contributed by atoms with Crippen molar-refractivity contribution in [3.8, 4) is 40.2 Å². The van der Waals surface area contributed by atoms with Crippen molar-refractivity contribution in [2.45, 2.75) is 112 Å². The van der Waals surface area contributed by atoms with Gasteiger partial charge in [0.25, 0.3) is 11.9 Å². The Morgan fingerprint density at radius 1 is 0.662 bits per heavy atom.